The topological polar surface area (TPSA) is 39.9 Å². The molecule has 0 N–H and O–H groups in total. The largest absolute Gasteiger partial charge is 0.492 e. The standard InChI is InChI=1S/C14H18BrN3O/c1-3-13-16-14(4-2)18(17-13)9-10-19-12-7-5-11(15)6-8-12/h5-8H,3-4,9-10H2,1-2H3. The van der Waals surface area contributed by atoms with E-state index < -0.39 is 0 Å². The number of benzene rings is 1. The van der Waals surface area contributed by atoms with Crippen LogP contribution in [-0.2, 0) is 19.4 Å². The molecule has 0 radical (unpaired) electrons. The molecular weight excluding hydrogens is 306 g/mol. The van der Waals surface area contributed by atoms with Crippen LogP contribution in [0.4, 0.5) is 0 Å². The van der Waals surface area contributed by atoms with E-state index in [1.54, 1.807) is 0 Å². The Morgan fingerprint density at radius 1 is 1.16 bits per heavy atom. The number of hydrogen-bond acceptors (Lipinski definition) is 3. The molecule has 5 heteroatoms. The van der Waals surface area contributed by atoms with Crippen molar-refractivity contribution in [1.29, 1.82) is 0 Å². The molecule has 2 rings (SSSR count). The summed E-state index contributed by atoms with van der Waals surface area (Å²) < 4.78 is 8.69. The second-order valence-corrected chi connectivity index (χ2v) is 5.09. The van der Waals surface area contributed by atoms with E-state index in [-0.39, 0.29) is 0 Å². The summed E-state index contributed by atoms with van der Waals surface area (Å²) in [7, 11) is 0. The lowest BCUT2D eigenvalue weighted by Gasteiger charge is -2.07. The first-order valence-electron chi connectivity index (χ1n) is 6.54. The molecule has 4 nitrogen and oxygen atoms in total. The van der Waals surface area contributed by atoms with Crippen molar-refractivity contribution in [2.45, 2.75) is 33.2 Å². The Morgan fingerprint density at radius 3 is 2.53 bits per heavy atom. The number of ether oxygens (including phenoxy) is 1. The van der Waals surface area contributed by atoms with Crippen LogP contribution in [0.5, 0.6) is 5.75 Å². The minimum absolute atomic E-state index is 0.598. The van der Waals surface area contributed by atoms with Gasteiger partial charge in [-0.2, -0.15) is 5.10 Å². The van der Waals surface area contributed by atoms with Crippen molar-refractivity contribution < 1.29 is 4.74 Å². The minimum atomic E-state index is 0.598. The first-order chi connectivity index (χ1) is 9.22. The molecule has 2 aromatic rings. The van der Waals surface area contributed by atoms with E-state index in [9.17, 15) is 0 Å². The van der Waals surface area contributed by atoms with Gasteiger partial charge in [0, 0.05) is 17.3 Å². The van der Waals surface area contributed by atoms with Gasteiger partial charge in [-0.3, -0.25) is 0 Å². The van der Waals surface area contributed by atoms with Gasteiger partial charge in [0.25, 0.3) is 0 Å². The van der Waals surface area contributed by atoms with Gasteiger partial charge < -0.3 is 4.74 Å². The minimum Gasteiger partial charge on any atom is -0.492 e. The fourth-order valence-electron chi connectivity index (χ4n) is 1.80. The highest BCUT2D eigenvalue weighted by molar-refractivity contribution is 9.10. The molecule has 102 valence electrons. The molecule has 0 aliphatic carbocycles. The van der Waals surface area contributed by atoms with Crippen molar-refractivity contribution in [3.8, 4) is 5.75 Å². The van der Waals surface area contributed by atoms with Crippen molar-refractivity contribution in [2.24, 2.45) is 0 Å². The lowest BCUT2D eigenvalue weighted by atomic mass is 10.3. The maximum atomic E-state index is 5.70. The lowest BCUT2D eigenvalue weighted by Crippen LogP contribution is -2.12. The van der Waals surface area contributed by atoms with Crippen molar-refractivity contribution in [1.82, 2.24) is 14.8 Å². The maximum Gasteiger partial charge on any atom is 0.150 e. The number of nitrogens with zero attached hydrogens (tertiary/aromatic N) is 3. The SMILES string of the molecule is CCc1nc(CC)n(CCOc2ccc(Br)cc2)n1. The summed E-state index contributed by atoms with van der Waals surface area (Å²) >= 11 is 3.40. The lowest BCUT2D eigenvalue weighted by molar-refractivity contribution is 0.288. The van der Waals surface area contributed by atoms with E-state index in [0.29, 0.717) is 6.61 Å². The van der Waals surface area contributed by atoms with Gasteiger partial charge in [0.15, 0.2) is 5.82 Å². The fourth-order valence-corrected chi connectivity index (χ4v) is 2.06. The third kappa shape index (κ3) is 3.80. The van der Waals surface area contributed by atoms with Crippen LogP contribution < -0.4 is 4.74 Å². The number of aryl methyl sites for hydroxylation is 2. The van der Waals surface area contributed by atoms with E-state index in [0.717, 1.165) is 41.3 Å². The number of halogens is 1. The molecule has 0 amide bonds. The summed E-state index contributed by atoms with van der Waals surface area (Å²) in [4.78, 5) is 4.47. The van der Waals surface area contributed by atoms with Crippen molar-refractivity contribution in [3.63, 3.8) is 0 Å². The Balaban J connectivity index is 1.91. The normalized spacial score (nSPS) is 10.7. The smallest absolute Gasteiger partial charge is 0.150 e. The molecule has 0 unspecified atom stereocenters. The quantitative estimate of drug-likeness (QED) is 0.819. The van der Waals surface area contributed by atoms with Gasteiger partial charge in [0.1, 0.15) is 18.2 Å². The average molecular weight is 324 g/mol. The Labute approximate surface area is 121 Å². The molecule has 0 saturated carbocycles. The molecule has 1 aromatic heterocycles. The summed E-state index contributed by atoms with van der Waals surface area (Å²) in [6, 6.07) is 7.84. The molecule has 0 fully saturated rings. The average Bonchev–Trinajstić information content (AvgIpc) is 2.83. The Morgan fingerprint density at radius 2 is 1.89 bits per heavy atom. The van der Waals surface area contributed by atoms with Gasteiger partial charge >= 0.3 is 0 Å². The Kier molecular flexibility index (Phi) is 4.96. The zero-order valence-electron chi connectivity index (χ0n) is 11.3. The zero-order valence-corrected chi connectivity index (χ0v) is 12.9. The van der Waals surface area contributed by atoms with E-state index in [4.69, 9.17) is 4.74 Å². The summed E-state index contributed by atoms with van der Waals surface area (Å²) in [5, 5.41) is 4.46. The summed E-state index contributed by atoms with van der Waals surface area (Å²) in [6.45, 7) is 5.49. The summed E-state index contributed by atoms with van der Waals surface area (Å²) in [5.41, 5.74) is 0. The van der Waals surface area contributed by atoms with Crippen LogP contribution >= 0.6 is 15.9 Å². The Bertz CT molecular complexity index is 522. The van der Waals surface area contributed by atoms with Gasteiger partial charge in [-0.1, -0.05) is 29.8 Å². The number of hydrogen-bond donors (Lipinski definition) is 0. The second kappa shape index (κ2) is 6.70. The van der Waals surface area contributed by atoms with Crippen molar-refractivity contribution in [3.05, 3.63) is 40.4 Å². The van der Waals surface area contributed by atoms with E-state index >= 15 is 0 Å². The second-order valence-electron chi connectivity index (χ2n) is 4.18. The first-order valence-corrected chi connectivity index (χ1v) is 7.33. The van der Waals surface area contributed by atoms with Crippen LogP contribution in [0, 0.1) is 0 Å². The van der Waals surface area contributed by atoms with Crippen molar-refractivity contribution >= 4 is 15.9 Å². The van der Waals surface area contributed by atoms with Crippen molar-refractivity contribution in [2.75, 3.05) is 6.61 Å². The Hall–Kier alpha value is -1.36. The fraction of sp³-hybridized carbons (Fsp3) is 0.429. The molecule has 0 aliphatic rings. The molecule has 0 saturated heterocycles. The molecule has 0 atom stereocenters. The molecular formula is C14H18BrN3O. The van der Waals surface area contributed by atoms with Gasteiger partial charge in [0.05, 0.1) is 6.54 Å². The van der Waals surface area contributed by atoms with Gasteiger partial charge in [0.2, 0.25) is 0 Å². The maximum absolute atomic E-state index is 5.70. The van der Waals surface area contributed by atoms with E-state index in [1.165, 1.54) is 0 Å². The highest BCUT2D eigenvalue weighted by Crippen LogP contribution is 2.16. The van der Waals surface area contributed by atoms with Crippen LogP contribution in [0.1, 0.15) is 25.5 Å². The predicted octanol–water partition coefficient (Wildman–Crippen LogP) is 3.24. The summed E-state index contributed by atoms with van der Waals surface area (Å²) in [5.74, 6) is 2.80. The molecule has 19 heavy (non-hydrogen) atoms. The molecule has 1 heterocycles. The highest BCUT2D eigenvalue weighted by Gasteiger charge is 2.06. The van der Waals surface area contributed by atoms with Crippen LogP contribution in [-0.4, -0.2) is 21.4 Å². The van der Waals surface area contributed by atoms with Crippen LogP contribution in [0.2, 0.25) is 0 Å². The van der Waals surface area contributed by atoms with Gasteiger partial charge in [-0.05, 0) is 24.3 Å². The van der Waals surface area contributed by atoms with Crippen LogP contribution in [0.3, 0.4) is 0 Å². The zero-order chi connectivity index (χ0) is 13.7. The van der Waals surface area contributed by atoms with E-state index in [1.807, 2.05) is 28.9 Å². The van der Waals surface area contributed by atoms with Crippen LogP contribution in [0.15, 0.2) is 28.7 Å². The molecule has 0 aliphatic heterocycles. The molecule has 1 aromatic carbocycles. The monoisotopic (exact) mass is 323 g/mol. The highest BCUT2D eigenvalue weighted by atomic mass is 79.9. The van der Waals surface area contributed by atoms with Gasteiger partial charge in [-0.15, -0.1) is 0 Å². The van der Waals surface area contributed by atoms with E-state index in [2.05, 4.69) is 39.9 Å². The third-order valence-corrected chi connectivity index (χ3v) is 3.34. The first kappa shape index (κ1) is 14.1. The predicted molar refractivity (Wildman–Crippen MR) is 78.4 cm³/mol. The van der Waals surface area contributed by atoms with Crippen LogP contribution in [0.25, 0.3) is 0 Å². The van der Waals surface area contributed by atoms with Gasteiger partial charge in [-0.25, -0.2) is 9.67 Å². The third-order valence-electron chi connectivity index (χ3n) is 2.81. The number of aromatic nitrogens is 3. The number of rotatable bonds is 6. The summed E-state index contributed by atoms with van der Waals surface area (Å²) in [6.07, 6.45) is 1.76. The molecule has 0 bridgehead atoms. The molecule has 0 spiro atoms.